The Morgan fingerprint density at radius 3 is 2.57 bits per heavy atom. The van der Waals surface area contributed by atoms with Crippen LogP contribution >= 0.6 is 0 Å². The second-order valence-corrected chi connectivity index (χ2v) is 10.3. The summed E-state index contributed by atoms with van der Waals surface area (Å²) in [7, 11) is 0. The number of H-pyrrole nitrogens is 1. The predicted octanol–water partition coefficient (Wildman–Crippen LogP) is 5.56. The predicted molar refractivity (Wildman–Crippen MR) is 145 cm³/mol. The van der Waals surface area contributed by atoms with Crippen molar-refractivity contribution >= 4 is 0 Å². The van der Waals surface area contributed by atoms with Crippen molar-refractivity contribution in [2.45, 2.75) is 84.7 Å². The van der Waals surface area contributed by atoms with Crippen LogP contribution in [-0.2, 0) is 19.5 Å². The van der Waals surface area contributed by atoms with Gasteiger partial charge < -0.3 is 0 Å². The van der Waals surface area contributed by atoms with Gasteiger partial charge in [0.05, 0.1) is 6.54 Å². The summed E-state index contributed by atoms with van der Waals surface area (Å²) in [5, 5.41) is 14.5. The quantitative estimate of drug-likeness (QED) is 0.308. The molecular weight excluding hydrogens is 462 g/mol. The SMILES string of the molecule is CCCCc1c(C)n(CCC2CCCCC2)c(=O)n1Cc1ccc(-c2cnccc2-c2nn[nH]n2)cc1. The zero-order valence-electron chi connectivity index (χ0n) is 22.0. The molecule has 8 heteroatoms. The summed E-state index contributed by atoms with van der Waals surface area (Å²) < 4.78 is 4.05. The summed E-state index contributed by atoms with van der Waals surface area (Å²) in [5.74, 6) is 1.30. The minimum absolute atomic E-state index is 0.134. The van der Waals surface area contributed by atoms with Gasteiger partial charge in [0, 0.05) is 41.5 Å². The van der Waals surface area contributed by atoms with Crippen molar-refractivity contribution in [2.75, 3.05) is 0 Å². The molecule has 4 aromatic rings. The van der Waals surface area contributed by atoms with Crippen LogP contribution in [0.5, 0.6) is 0 Å². The van der Waals surface area contributed by atoms with Crippen molar-refractivity contribution in [3.8, 4) is 22.5 Å². The fraction of sp³-hybridized carbons (Fsp3) is 0.483. The van der Waals surface area contributed by atoms with Crippen LogP contribution in [0.1, 0.15) is 75.2 Å². The molecule has 5 rings (SSSR count). The maximum Gasteiger partial charge on any atom is 0.328 e. The molecule has 1 aromatic carbocycles. The van der Waals surface area contributed by atoms with Crippen molar-refractivity contribution in [1.29, 1.82) is 0 Å². The topological polar surface area (TPSA) is 94.3 Å². The summed E-state index contributed by atoms with van der Waals surface area (Å²) >= 11 is 0. The summed E-state index contributed by atoms with van der Waals surface area (Å²) in [4.78, 5) is 17.9. The molecule has 1 aliphatic rings. The van der Waals surface area contributed by atoms with Crippen LogP contribution < -0.4 is 5.69 Å². The zero-order chi connectivity index (χ0) is 25.6. The number of rotatable bonds is 10. The van der Waals surface area contributed by atoms with Gasteiger partial charge in [-0.25, -0.2) is 4.79 Å². The molecule has 0 aliphatic heterocycles. The van der Waals surface area contributed by atoms with Crippen molar-refractivity contribution in [3.05, 3.63) is 70.2 Å². The Balaban J connectivity index is 1.39. The molecule has 1 saturated carbocycles. The Bertz CT molecular complexity index is 1350. The first-order valence-electron chi connectivity index (χ1n) is 13.7. The van der Waals surface area contributed by atoms with Crippen LogP contribution in [0.2, 0.25) is 0 Å². The van der Waals surface area contributed by atoms with Gasteiger partial charge in [-0.15, -0.1) is 10.2 Å². The molecule has 0 saturated heterocycles. The molecule has 0 spiro atoms. The zero-order valence-corrected chi connectivity index (χ0v) is 22.0. The number of hydrogen-bond acceptors (Lipinski definition) is 5. The third-order valence-corrected chi connectivity index (χ3v) is 7.88. The minimum atomic E-state index is 0.134. The van der Waals surface area contributed by atoms with E-state index < -0.39 is 0 Å². The van der Waals surface area contributed by atoms with Gasteiger partial charge in [-0.1, -0.05) is 69.7 Å². The Kier molecular flexibility index (Phi) is 7.92. The minimum Gasteiger partial charge on any atom is -0.296 e. The van der Waals surface area contributed by atoms with E-state index in [4.69, 9.17) is 0 Å². The lowest BCUT2D eigenvalue weighted by Crippen LogP contribution is -2.27. The number of tetrazole rings is 1. The normalized spacial score (nSPS) is 14.3. The van der Waals surface area contributed by atoms with E-state index in [-0.39, 0.29) is 5.69 Å². The van der Waals surface area contributed by atoms with Gasteiger partial charge in [-0.3, -0.25) is 14.1 Å². The van der Waals surface area contributed by atoms with Crippen LogP contribution in [0.3, 0.4) is 0 Å². The molecule has 0 radical (unpaired) electrons. The summed E-state index contributed by atoms with van der Waals surface area (Å²) in [6.45, 7) is 5.76. The van der Waals surface area contributed by atoms with E-state index in [0.29, 0.717) is 12.4 Å². The average molecular weight is 500 g/mol. The highest BCUT2D eigenvalue weighted by Crippen LogP contribution is 2.29. The molecule has 0 bridgehead atoms. The number of pyridine rings is 1. The van der Waals surface area contributed by atoms with Crippen LogP contribution in [0.15, 0.2) is 47.5 Å². The fourth-order valence-electron chi connectivity index (χ4n) is 5.70. The summed E-state index contributed by atoms with van der Waals surface area (Å²) in [6, 6.07) is 10.3. The first-order valence-corrected chi connectivity index (χ1v) is 13.7. The van der Waals surface area contributed by atoms with Crippen molar-refractivity contribution < 1.29 is 0 Å². The monoisotopic (exact) mass is 499 g/mol. The smallest absolute Gasteiger partial charge is 0.296 e. The lowest BCUT2D eigenvalue weighted by Gasteiger charge is -2.21. The number of hydrogen-bond donors (Lipinski definition) is 1. The van der Waals surface area contributed by atoms with Crippen molar-refractivity contribution in [3.63, 3.8) is 0 Å². The van der Waals surface area contributed by atoms with Crippen LogP contribution in [0.25, 0.3) is 22.5 Å². The van der Waals surface area contributed by atoms with E-state index >= 15 is 0 Å². The van der Waals surface area contributed by atoms with Crippen LogP contribution in [0, 0.1) is 12.8 Å². The van der Waals surface area contributed by atoms with E-state index in [1.54, 1.807) is 6.20 Å². The maximum atomic E-state index is 13.6. The highest BCUT2D eigenvalue weighted by Gasteiger charge is 2.19. The number of nitrogens with one attached hydrogen (secondary N) is 1. The third-order valence-electron chi connectivity index (χ3n) is 7.88. The molecule has 37 heavy (non-hydrogen) atoms. The molecule has 1 fully saturated rings. The molecule has 0 unspecified atom stereocenters. The number of imidazole rings is 1. The second-order valence-electron chi connectivity index (χ2n) is 10.3. The second kappa shape index (κ2) is 11.7. The number of aromatic amines is 1. The molecule has 1 aliphatic carbocycles. The van der Waals surface area contributed by atoms with Gasteiger partial charge in [0.1, 0.15) is 0 Å². The van der Waals surface area contributed by atoms with E-state index in [1.807, 2.05) is 21.4 Å². The van der Waals surface area contributed by atoms with Crippen LogP contribution in [-0.4, -0.2) is 34.7 Å². The van der Waals surface area contributed by atoms with E-state index in [1.165, 1.54) is 37.8 Å². The summed E-state index contributed by atoms with van der Waals surface area (Å²) in [5.41, 5.74) is 6.42. The van der Waals surface area contributed by atoms with Gasteiger partial charge in [0.2, 0.25) is 5.82 Å². The first kappa shape index (κ1) is 25.1. The highest BCUT2D eigenvalue weighted by atomic mass is 16.1. The molecule has 8 nitrogen and oxygen atoms in total. The lowest BCUT2D eigenvalue weighted by molar-refractivity contribution is 0.321. The van der Waals surface area contributed by atoms with Crippen molar-refractivity contribution in [1.82, 2.24) is 34.7 Å². The Morgan fingerprint density at radius 1 is 1.03 bits per heavy atom. The number of unbranched alkanes of at least 4 members (excludes halogenated alkanes) is 1. The maximum absolute atomic E-state index is 13.6. The fourth-order valence-corrected chi connectivity index (χ4v) is 5.70. The molecule has 3 heterocycles. The van der Waals surface area contributed by atoms with Gasteiger partial charge in [0.15, 0.2) is 0 Å². The average Bonchev–Trinajstić information content (AvgIpc) is 3.55. The number of benzene rings is 1. The van der Waals surface area contributed by atoms with Gasteiger partial charge in [0.25, 0.3) is 0 Å². The first-order chi connectivity index (χ1) is 18.2. The number of aromatic nitrogens is 7. The van der Waals surface area contributed by atoms with Gasteiger partial charge in [-0.2, -0.15) is 5.21 Å². The van der Waals surface area contributed by atoms with Crippen molar-refractivity contribution in [2.24, 2.45) is 5.92 Å². The molecule has 0 atom stereocenters. The van der Waals surface area contributed by atoms with Crippen LogP contribution in [0.4, 0.5) is 0 Å². The Hall–Kier alpha value is -3.55. The molecule has 0 amide bonds. The standard InChI is InChI=1S/C29H37N7O/c1-3-4-10-27-21(2)35(18-16-22-8-6-5-7-9-22)29(37)36(27)20-23-11-13-24(14-12-23)26-19-30-17-15-25(26)28-31-33-34-32-28/h11-15,17,19,22H,3-10,16,18,20H2,1-2H3,(H,31,32,33,34). The molecule has 3 aromatic heterocycles. The number of nitrogens with zero attached hydrogens (tertiary/aromatic N) is 6. The van der Waals surface area contributed by atoms with Gasteiger partial charge in [-0.05, 0) is 54.5 Å². The molecule has 1 N–H and O–H groups in total. The van der Waals surface area contributed by atoms with Gasteiger partial charge >= 0.3 is 5.69 Å². The Morgan fingerprint density at radius 2 is 1.84 bits per heavy atom. The summed E-state index contributed by atoms with van der Waals surface area (Å²) in [6.07, 6.45) is 14.5. The molecule has 194 valence electrons. The highest BCUT2D eigenvalue weighted by molar-refractivity contribution is 5.79. The largest absolute Gasteiger partial charge is 0.328 e. The van der Waals surface area contributed by atoms with E-state index in [2.05, 4.69) is 63.7 Å². The van der Waals surface area contributed by atoms with E-state index in [0.717, 1.165) is 66.1 Å². The third kappa shape index (κ3) is 5.58. The van der Waals surface area contributed by atoms with E-state index in [9.17, 15) is 4.79 Å². The Labute approximate surface area is 218 Å². The lowest BCUT2D eigenvalue weighted by atomic mass is 9.87. The molecular formula is C29H37N7O.